The smallest absolute Gasteiger partial charge is 0.269 e. The van der Waals surface area contributed by atoms with E-state index in [0.717, 1.165) is 16.8 Å². The molecule has 0 bridgehead atoms. The largest absolute Gasteiger partial charge is 0.324 e. The fourth-order valence-electron chi connectivity index (χ4n) is 3.65. The van der Waals surface area contributed by atoms with Crippen molar-refractivity contribution in [1.82, 2.24) is 14.8 Å². The van der Waals surface area contributed by atoms with E-state index in [1.54, 1.807) is 28.9 Å². The monoisotopic (exact) mass is 490 g/mol. The Balaban J connectivity index is 1.47. The summed E-state index contributed by atoms with van der Waals surface area (Å²) in [6, 6.07) is 18.0. The van der Waals surface area contributed by atoms with Gasteiger partial charge in [-0.2, -0.15) is 4.98 Å². The molecule has 0 radical (unpaired) electrons. The van der Waals surface area contributed by atoms with Gasteiger partial charge in [0.2, 0.25) is 5.95 Å². The molecule has 0 saturated heterocycles. The highest BCUT2D eigenvalue weighted by molar-refractivity contribution is 6.30. The van der Waals surface area contributed by atoms with Gasteiger partial charge in [-0.25, -0.2) is 9.07 Å². The van der Waals surface area contributed by atoms with Gasteiger partial charge in [0, 0.05) is 28.4 Å². The summed E-state index contributed by atoms with van der Waals surface area (Å²) in [7, 11) is 0. The van der Waals surface area contributed by atoms with Gasteiger partial charge < -0.3 is 5.32 Å². The molecule has 3 aromatic carbocycles. The number of hydrogen-bond acceptors (Lipinski definition) is 6. The highest BCUT2D eigenvalue weighted by Crippen LogP contribution is 2.33. The number of nitrogens with zero attached hydrogens (tertiary/aromatic N) is 4. The summed E-state index contributed by atoms with van der Waals surface area (Å²) in [5.74, 6) is -0.481. The van der Waals surface area contributed by atoms with Crippen molar-refractivity contribution >= 4 is 40.8 Å². The number of anilines is 2. The number of nitro benzene ring substituents is 1. The lowest BCUT2D eigenvalue weighted by Crippen LogP contribution is -2.20. The fraction of sp³-hybridized carbons (Fsp3) is 0.0417. The molecule has 0 fully saturated rings. The number of fused-ring (bicyclic) bond motifs is 1. The van der Waals surface area contributed by atoms with E-state index in [-0.39, 0.29) is 23.0 Å². The molecule has 1 unspecified atom stereocenters. The maximum absolute atomic E-state index is 13.5. The van der Waals surface area contributed by atoms with Crippen molar-refractivity contribution in [3.8, 4) is 0 Å². The van der Waals surface area contributed by atoms with Crippen molar-refractivity contribution in [3.05, 3.63) is 117 Å². The van der Waals surface area contributed by atoms with E-state index in [1.807, 2.05) is 18.2 Å². The van der Waals surface area contributed by atoms with Crippen molar-refractivity contribution < 1.29 is 14.1 Å². The van der Waals surface area contributed by atoms with Crippen LogP contribution in [-0.4, -0.2) is 25.6 Å². The number of non-ortho nitro benzene ring substituents is 1. The number of nitrogens with one attached hydrogen (secondary N) is 2. The summed E-state index contributed by atoms with van der Waals surface area (Å²) in [5, 5.41) is 21.7. The summed E-state index contributed by atoms with van der Waals surface area (Å²) < 4.78 is 15.1. The molecule has 1 aromatic heterocycles. The second-order valence-corrected chi connectivity index (χ2v) is 8.11. The number of nitro groups is 1. The van der Waals surface area contributed by atoms with Crippen LogP contribution in [0.3, 0.4) is 0 Å². The van der Waals surface area contributed by atoms with Crippen LogP contribution < -0.4 is 10.6 Å². The Morgan fingerprint density at radius 3 is 2.40 bits per heavy atom. The number of aromatic nitrogens is 3. The molecule has 1 aliphatic heterocycles. The zero-order valence-corrected chi connectivity index (χ0v) is 18.6. The predicted octanol–water partition coefficient (Wildman–Crippen LogP) is 5.29. The number of benzene rings is 3. The molecule has 11 heteroatoms. The maximum atomic E-state index is 13.5. The van der Waals surface area contributed by atoms with Crippen LogP contribution in [-0.2, 0) is 0 Å². The molecular formula is C24H16ClFN6O3. The highest BCUT2D eigenvalue weighted by Gasteiger charge is 2.26. The van der Waals surface area contributed by atoms with E-state index >= 15 is 0 Å². The average Bonchev–Trinajstić information content (AvgIpc) is 3.27. The Bertz CT molecular complexity index is 1450. The lowest BCUT2D eigenvalue weighted by Gasteiger charge is -2.24. The third-order valence-corrected chi connectivity index (χ3v) is 5.65. The molecule has 0 aliphatic carbocycles. The van der Waals surface area contributed by atoms with Crippen LogP contribution in [0.2, 0.25) is 5.02 Å². The molecule has 174 valence electrons. The Morgan fingerprint density at radius 2 is 1.74 bits per heavy atom. The van der Waals surface area contributed by atoms with Crippen molar-refractivity contribution in [3.63, 3.8) is 0 Å². The predicted molar refractivity (Wildman–Crippen MR) is 129 cm³/mol. The van der Waals surface area contributed by atoms with Crippen LogP contribution >= 0.6 is 11.6 Å². The van der Waals surface area contributed by atoms with E-state index in [0.29, 0.717) is 11.0 Å². The number of rotatable bonds is 5. The van der Waals surface area contributed by atoms with Gasteiger partial charge in [0.15, 0.2) is 0 Å². The Kier molecular flexibility index (Phi) is 5.71. The SMILES string of the molecule is O=C(Nc1nc2n(n1)C(c1ccc(F)cc1)C=C(c1ccc(Cl)cc1)N2)c1ccc([N+](=O)[O-])cc1. The van der Waals surface area contributed by atoms with Gasteiger partial charge in [0.05, 0.1) is 4.92 Å². The van der Waals surface area contributed by atoms with Crippen molar-refractivity contribution in [2.45, 2.75) is 6.04 Å². The topological polar surface area (TPSA) is 115 Å². The second kappa shape index (κ2) is 8.99. The van der Waals surface area contributed by atoms with Crippen LogP contribution in [0, 0.1) is 15.9 Å². The van der Waals surface area contributed by atoms with E-state index in [2.05, 4.69) is 20.7 Å². The van der Waals surface area contributed by atoms with Gasteiger partial charge in [-0.05, 0) is 53.6 Å². The second-order valence-electron chi connectivity index (χ2n) is 7.67. The third kappa shape index (κ3) is 4.59. The first-order valence-electron chi connectivity index (χ1n) is 10.4. The molecule has 2 N–H and O–H groups in total. The zero-order chi connectivity index (χ0) is 24.5. The lowest BCUT2D eigenvalue weighted by atomic mass is 10.0. The number of carbonyl (C=O) groups excluding carboxylic acids is 1. The molecule has 4 aromatic rings. The summed E-state index contributed by atoms with van der Waals surface area (Å²) in [4.78, 5) is 27.4. The van der Waals surface area contributed by atoms with Crippen LogP contribution in [0.25, 0.3) is 5.70 Å². The van der Waals surface area contributed by atoms with E-state index in [1.165, 1.54) is 36.4 Å². The Hall–Kier alpha value is -4.57. The van der Waals surface area contributed by atoms with Crippen molar-refractivity contribution in [1.29, 1.82) is 0 Å². The van der Waals surface area contributed by atoms with Crippen LogP contribution in [0.4, 0.5) is 22.0 Å². The summed E-state index contributed by atoms with van der Waals surface area (Å²) >= 11 is 6.02. The number of halogens is 2. The van der Waals surface area contributed by atoms with Crippen molar-refractivity contribution in [2.75, 3.05) is 10.6 Å². The minimum atomic E-state index is -0.542. The molecule has 9 nitrogen and oxygen atoms in total. The molecule has 35 heavy (non-hydrogen) atoms. The van der Waals surface area contributed by atoms with Gasteiger partial charge in [0.1, 0.15) is 11.9 Å². The molecule has 5 rings (SSSR count). The Morgan fingerprint density at radius 1 is 1.06 bits per heavy atom. The number of allylic oxidation sites excluding steroid dienone is 1. The normalized spacial score (nSPS) is 14.5. The van der Waals surface area contributed by atoms with Crippen molar-refractivity contribution in [2.24, 2.45) is 0 Å². The number of carbonyl (C=O) groups is 1. The number of amides is 1. The molecule has 2 heterocycles. The summed E-state index contributed by atoms with van der Waals surface area (Å²) in [5.41, 5.74) is 2.45. The quantitative estimate of drug-likeness (QED) is 0.290. The minimum Gasteiger partial charge on any atom is -0.324 e. The highest BCUT2D eigenvalue weighted by atomic mass is 35.5. The molecular weight excluding hydrogens is 475 g/mol. The molecule has 0 spiro atoms. The van der Waals surface area contributed by atoms with E-state index in [9.17, 15) is 19.3 Å². The molecule has 1 amide bonds. The lowest BCUT2D eigenvalue weighted by molar-refractivity contribution is -0.384. The standard InChI is InChI=1S/C24H16ClFN6O3/c25-17-7-1-14(2-8-17)20-13-21(15-3-9-18(26)10-4-15)31-24(27-20)29-23(30-31)28-22(33)16-5-11-19(12-6-16)32(34)35/h1-13,21H,(H2,27,28,29,30,33). The first-order chi connectivity index (χ1) is 16.9. The van der Waals surface area contributed by atoms with Crippen LogP contribution in [0.15, 0.2) is 78.9 Å². The van der Waals surface area contributed by atoms with Gasteiger partial charge in [-0.3, -0.25) is 20.2 Å². The molecule has 1 aliphatic rings. The average molecular weight is 491 g/mol. The zero-order valence-electron chi connectivity index (χ0n) is 17.9. The molecule has 1 atom stereocenters. The van der Waals surface area contributed by atoms with E-state index < -0.39 is 16.9 Å². The van der Waals surface area contributed by atoms with Gasteiger partial charge in [-0.1, -0.05) is 35.9 Å². The van der Waals surface area contributed by atoms with Gasteiger partial charge >= 0.3 is 0 Å². The third-order valence-electron chi connectivity index (χ3n) is 5.40. The number of hydrogen-bond donors (Lipinski definition) is 2. The van der Waals surface area contributed by atoms with Gasteiger partial charge in [0.25, 0.3) is 17.5 Å². The minimum absolute atomic E-state index is 0.0359. The fourth-order valence-corrected chi connectivity index (χ4v) is 3.78. The summed E-state index contributed by atoms with van der Waals surface area (Å²) in [6.45, 7) is 0. The first kappa shape index (κ1) is 22.2. The Labute approximate surface area is 203 Å². The first-order valence-corrected chi connectivity index (χ1v) is 10.8. The van der Waals surface area contributed by atoms with Crippen LogP contribution in [0.5, 0.6) is 0 Å². The summed E-state index contributed by atoms with van der Waals surface area (Å²) in [6.07, 6.45) is 1.92. The van der Waals surface area contributed by atoms with E-state index in [4.69, 9.17) is 11.6 Å². The van der Waals surface area contributed by atoms with Gasteiger partial charge in [-0.15, -0.1) is 5.10 Å². The maximum Gasteiger partial charge on any atom is 0.269 e. The molecule has 0 saturated carbocycles. The van der Waals surface area contributed by atoms with Crippen LogP contribution in [0.1, 0.15) is 27.5 Å².